The van der Waals surface area contributed by atoms with Gasteiger partial charge in [0.05, 0.1) is 5.70 Å². The van der Waals surface area contributed by atoms with Gasteiger partial charge in [0.25, 0.3) is 0 Å². The molecule has 0 aliphatic rings. The maximum Gasteiger partial charge on any atom is 0.169 e. The number of aryl methyl sites for hydroxylation is 1. The van der Waals surface area contributed by atoms with E-state index < -0.39 is 0 Å². The highest BCUT2D eigenvalue weighted by Gasteiger charge is 2.09. The zero-order valence-electron chi connectivity index (χ0n) is 8.85. The number of nitrogen functional groups attached to an aromatic ring is 1. The van der Waals surface area contributed by atoms with E-state index in [2.05, 4.69) is 6.58 Å². The molecular formula is C10H17N3O. The van der Waals surface area contributed by atoms with Crippen molar-refractivity contribution in [3.05, 3.63) is 29.7 Å². The topological polar surface area (TPSA) is 89.0 Å². The minimum Gasteiger partial charge on any atom is -0.451 e. The van der Waals surface area contributed by atoms with Gasteiger partial charge >= 0.3 is 0 Å². The second kappa shape index (κ2) is 5.11. The molecule has 0 spiro atoms. The number of hydrogen-bond donors (Lipinski definition) is 3. The first-order chi connectivity index (χ1) is 6.52. The van der Waals surface area contributed by atoms with Gasteiger partial charge in [0.1, 0.15) is 0 Å². The van der Waals surface area contributed by atoms with Gasteiger partial charge in [0.2, 0.25) is 0 Å². The minimum absolute atomic E-state index is 0.106. The number of amidine groups is 1. The molecule has 1 aromatic heterocycles. The van der Waals surface area contributed by atoms with E-state index in [1.807, 2.05) is 20.8 Å². The molecule has 0 aromatic carbocycles. The lowest BCUT2D eigenvalue weighted by Gasteiger charge is -1.94. The second-order valence-electron chi connectivity index (χ2n) is 2.56. The fourth-order valence-corrected chi connectivity index (χ4v) is 0.934. The van der Waals surface area contributed by atoms with E-state index in [4.69, 9.17) is 21.3 Å². The van der Waals surface area contributed by atoms with Crippen LogP contribution in [0.5, 0.6) is 0 Å². The van der Waals surface area contributed by atoms with Crippen LogP contribution in [-0.2, 0) is 0 Å². The van der Waals surface area contributed by atoms with Crippen molar-refractivity contribution in [3.8, 4) is 0 Å². The summed E-state index contributed by atoms with van der Waals surface area (Å²) in [5.41, 5.74) is 11.8. The van der Waals surface area contributed by atoms with Crippen molar-refractivity contribution < 1.29 is 4.42 Å². The smallest absolute Gasteiger partial charge is 0.169 e. The predicted octanol–water partition coefficient (Wildman–Crippen LogP) is 1.83. The van der Waals surface area contributed by atoms with Crippen LogP contribution in [0.2, 0.25) is 0 Å². The standard InChI is InChI=1S/C8H11N3O.C2H6/c1-4-3-6(8(10)11)12-7(4)5(2)9;1-2/h3H,2,9H2,1H3,(H3,10,11);1-2H3. The van der Waals surface area contributed by atoms with E-state index in [1.165, 1.54) is 0 Å². The number of hydrogen-bond acceptors (Lipinski definition) is 3. The lowest BCUT2D eigenvalue weighted by molar-refractivity contribution is 0.540. The van der Waals surface area contributed by atoms with Crippen LogP contribution in [0.25, 0.3) is 5.70 Å². The van der Waals surface area contributed by atoms with Crippen molar-refractivity contribution in [2.24, 2.45) is 11.5 Å². The maximum absolute atomic E-state index is 7.10. The van der Waals surface area contributed by atoms with E-state index in [0.29, 0.717) is 17.2 Å². The molecule has 0 saturated heterocycles. The predicted molar refractivity (Wildman–Crippen MR) is 59.0 cm³/mol. The molecule has 5 N–H and O–H groups in total. The summed E-state index contributed by atoms with van der Waals surface area (Å²) in [6.45, 7) is 9.35. The van der Waals surface area contributed by atoms with Crippen LogP contribution in [0.15, 0.2) is 17.1 Å². The Bertz CT molecular complexity index is 339. The molecule has 1 rings (SSSR count). The first kappa shape index (κ1) is 12.3. The Morgan fingerprint density at radius 1 is 1.43 bits per heavy atom. The molecule has 4 nitrogen and oxygen atoms in total. The highest BCUT2D eigenvalue weighted by Crippen LogP contribution is 2.17. The molecule has 0 fully saturated rings. The van der Waals surface area contributed by atoms with Crippen LogP contribution in [0.3, 0.4) is 0 Å². The molecule has 0 aliphatic heterocycles. The number of furan rings is 1. The Morgan fingerprint density at radius 2 is 1.93 bits per heavy atom. The number of nitrogens with two attached hydrogens (primary N) is 2. The molecule has 0 amide bonds. The largest absolute Gasteiger partial charge is 0.451 e. The average molecular weight is 195 g/mol. The number of rotatable bonds is 2. The minimum atomic E-state index is -0.106. The normalized spacial score (nSPS) is 8.79. The van der Waals surface area contributed by atoms with Gasteiger partial charge in [-0.1, -0.05) is 20.4 Å². The number of nitrogens with one attached hydrogen (secondary N) is 1. The van der Waals surface area contributed by atoms with Gasteiger partial charge in [-0.15, -0.1) is 0 Å². The first-order valence-electron chi connectivity index (χ1n) is 4.42. The van der Waals surface area contributed by atoms with E-state index in [1.54, 1.807) is 6.07 Å². The molecule has 14 heavy (non-hydrogen) atoms. The maximum atomic E-state index is 7.10. The molecule has 0 atom stereocenters. The van der Waals surface area contributed by atoms with E-state index in [0.717, 1.165) is 5.56 Å². The molecule has 78 valence electrons. The lowest BCUT2D eigenvalue weighted by Crippen LogP contribution is -2.09. The lowest BCUT2D eigenvalue weighted by atomic mass is 10.2. The molecule has 0 radical (unpaired) electrons. The molecular weight excluding hydrogens is 178 g/mol. The Balaban J connectivity index is 0.000000791. The van der Waals surface area contributed by atoms with Crippen LogP contribution in [0.1, 0.15) is 30.9 Å². The van der Waals surface area contributed by atoms with E-state index in [-0.39, 0.29) is 5.84 Å². The van der Waals surface area contributed by atoms with Gasteiger partial charge < -0.3 is 15.9 Å². The van der Waals surface area contributed by atoms with Crippen molar-refractivity contribution in [3.63, 3.8) is 0 Å². The van der Waals surface area contributed by atoms with Gasteiger partial charge in [-0.25, -0.2) is 0 Å². The van der Waals surface area contributed by atoms with Crippen molar-refractivity contribution >= 4 is 11.5 Å². The van der Waals surface area contributed by atoms with Gasteiger partial charge in [-0.05, 0) is 18.6 Å². The summed E-state index contributed by atoms with van der Waals surface area (Å²) in [7, 11) is 0. The fraction of sp³-hybridized carbons (Fsp3) is 0.300. The van der Waals surface area contributed by atoms with E-state index in [9.17, 15) is 0 Å². The second-order valence-corrected chi connectivity index (χ2v) is 2.56. The van der Waals surface area contributed by atoms with Gasteiger partial charge in [0.15, 0.2) is 17.4 Å². The highest BCUT2D eigenvalue weighted by atomic mass is 16.3. The third-order valence-corrected chi connectivity index (χ3v) is 1.47. The molecule has 1 heterocycles. The molecule has 4 heteroatoms. The summed E-state index contributed by atoms with van der Waals surface area (Å²) in [5, 5.41) is 7.10. The summed E-state index contributed by atoms with van der Waals surface area (Å²) in [5.74, 6) is 0.722. The molecule has 1 aromatic rings. The quantitative estimate of drug-likeness (QED) is 0.496. The van der Waals surface area contributed by atoms with Crippen molar-refractivity contribution in [2.75, 3.05) is 0 Å². The van der Waals surface area contributed by atoms with Gasteiger partial charge in [-0.3, -0.25) is 5.41 Å². The van der Waals surface area contributed by atoms with E-state index >= 15 is 0 Å². The highest BCUT2D eigenvalue weighted by molar-refractivity contribution is 5.92. The fourth-order valence-electron chi connectivity index (χ4n) is 0.934. The zero-order valence-corrected chi connectivity index (χ0v) is 8.85. The van der Waals surface area contributed by atoms with Gasteiger partial charge in [-0.2, -0.15) is 0 Å². The van der Waals surface area contributed by atoms with Crippen LogP contribution < -0.4 is 11.5 Å². The average Bonchev–Trinajstić information content (AvgIpc) is 2.51. The Labute approximate surface area is 84.1 Å². The van der Waals surface area contributed by atoms with Crippen LogP contribution >= 0.6 is 0 Å². The van der Waals surface area contributed by atoms with Gasteiger partial charge in [0, 0.05) is 0 Å². The Kier molecular flexibility index (Phi) is 4.49. The van der Waals surface area contributed by atoms with Crippen LogP contribution in [0.4, 0.5) is 0 Å². The Morgan fingerprint density at radius 3 is 2.14 bits per heavy atom. The summed E-state index contributed by atoms with van der Waals surface area (Å²) in [4.78, 5) is 0. The van der Waals surface area contributed by atoms with Crippen LogP contribution in [-0.4, -0.2) is 5.84 Å². The molecule has 0 unspecified atom stereocenters. The van der Waals surface area contributed by atoms with Crippen molar-refractivity contribution in [1.29, 1.82) is 5.41 Å². The molecule has 0 aliphatic carbocycles. The summed E-state index contributed by atoms with van der Waals surface area (Å²) in [6.07, 6.45) is 0. The van der Waals surface area contributed by atoms with Crippen LogP contribution in [0, 0.1) is 12.3 Å². The third-order valence-electron chi connectivity index (χ3n) is 1.47. The summed E-state index contributed by atoms with van der Waals surface area (Å²) in [6, 6.07) is 1.66. The zero-order chi connectivity index (χ0) is 11.3. The summed E-state index contributed by atoms with van der Waals surface area (Å²) >= 11 is 0. The van der Waals surface area contributed by atoms with Crippen molar-refractivity contribution in [1.82, 2.24) is 0 Å². The SMILES string of the molecule is C=C(N)c1oc(C(=N)N)cc1C.CC. The molecule has 0 saturated carbocycles. The third kappa shape index (κ3) is 2.65. The van der Waals surface area contributed by atoms with Crippen molar-refractivity contribution in [2.45, 2.75) is 20.8 Å². The molecule has 0 bridgehead atoms. The first-order valence-corrected chi connectivity index (χ1v) is 4.42. The summed E-state index contributed by atoms with van der Waals surface area (Å²) < 4.78 is 5.16. The Hall–Kier alpha value is -1.71. The monoisotopic (exact) mass is 195 g/mol.